The number of allylic oxidation sites excluding steroid dienone is 10. The third-order valence-electron chi connectivity index (χ3n) is 12.5. The molecule has 0 heterocycles. The van der Waals surface area contributed by atoms with Crippen molar-refractivity contribution >= 4 is 17.9 Å². The standard InChI is InChI=1S/C61H108O6/c1-4-7-10-13-16-19-22-25-28-30-33-36-39-42-45-48-51-54-60(63)66-57-58(56-65-59(62)53-50-47-44-41-38-35-32-27-24-21-18-15-12-9-6-3)67-61(64)55-52-49-46-43-40-37-34-31-29-26-23-20-17-14-11-8-5-2/h16,18-19,21,25-29,32,58H,4-15,17,20,22-24,30-31,33-57H2,1-3H3/b19-16-,21-18-,28-25-,29-26-,32-27-/t58-/m0/s1. The molecule has 6 nitrogen and oxygen atoms in total. The summed E-state index contributed by atoms with van der Waals surface area (Å²) in [7, 11) is 0. The van der Waals surface area contributed by atoms with Crippen molar-refractivity contribution < 1.29 is 28.6 Å². The molecule has 1 atom stereocenters. The normalized spacial score (nSPS) is 12.5. The summed E-state index contributed by atoms with van der Waals surface area (Å²) in [6.07, 6.45) is 69.1. The van der Waals surface area contributed by atoms with E-state index in [1.165, 1.54) is 161 Å². The van der Waals surface area contributed by atoms with E-state index in [4.69, 9.17) is 14.2 Å². The largest absolute Gasteiger partial charge is 0.462 e. The van der Waals surface area contributed by atoms with Crippen molar-refractivity contribution in [2.75, 3.05) is 13.2 Å². The molecule has 0 aliphatic rings. The van der Waals surface area contributed by atoms with Crippen LogP contribution in [0.4, 0.5) is 0 Å². The highest BCUT2D eigenvalue weighted by Crippen LogP contribution is 2.15. The van der Waals surface area contributed by atoms with Crippen LogP contribution in [0.3, 0.4) is 0 Å². The van der Waals surface area contributed by atoms with Gasteiger partial charge in [-0.05, 0) is 109 Å². The zero-order valence-electron chi connectivity index (χ0n) is 44.4. The average molecular weight is 938 g/mol. The van der Waals surface area contributed by atoms with Gasteiger partial charge in [-0.3, -0.25) is 14.4 Å². The van der Waals surface area contributed by atoms with E-state index >= 15 is 0 Å². The summed E-state index contributed by atoms with van der Waals surface area (Å²) < 4.78 is 16.9. The van der Waals surface area contributed by atoms with Crippen LogP contribution >= 0.6 is 0 Å². The lowest BCUT2D eigenvalue weighted by Crippen LogP contribution is -2.30. The highest BCUT2D eigenvalue weighted by molar-refractivity contribution is 5.71. The van der Waals surface area contributed by atoms with Crippen molar-refractivity contribution in [2.45, 2.75) is 297 Å². The molecule has 0 fully saturated rings. The van der Waals surface area contributed by atoms with Crippen molar-refractivity contribution in [3.8, 4) is 0 Å². The number of ether oxygens (including phenoxy) is 3. The third kappa shape index (κ3) is 53.9. The van der Waals surface area contributed by atoms with Crippen LogP contribution in [0.5, 0.6) is 0 Å². The van der Waals surface area contributed by atoms with E-state index < -0.39 is 6.10 Å². The molecule has 0 N–H and O–H groups in total. The molecule has 388 valence electrons. The fourth-order valence-electron chi connectivity index (χ4n) is 8.09. The Morgan fingerprint density at radius 1 is 0.299 bits per heavy atom. The van der Waals surface area contributed by atoms with E-state index in [1.807, 2.05) is 0 Å². The van der Waals surface area contributed by atoms with Crippen LogP contribution in [-0.4, -0.2) is 37.2 Å². The third-order valence-corrected chi connectivity index (χ3v) is 12.5. The van der Waals surface area contributed by atoms with Gasteiger partial charge in [-0.1, -0.05) is 223 Å². The molecule has 0 aromatic heterocycles. The molecule has 0 spiro atoms. The maximum Gasteiger partial charge on any atom is 0.306 e. The van der Waals surface area contributed by atoms with Crippen LogP contribution in [0.1, 0.15) is 290 Å². The summed E-state index contributed by atoms with van der Waals surface area (Å²) in [4.78, 5) is 38.2. The van der Waals surface area contributed by atoms with Gasteiger partial charge >= 0.3 is 17.9 Å². The number of hydrogen-bond acceptors (Lipinski definition) is 6. The molecule has 0 aliphatic heterocycles. The van der Waals surface area contributed by atoms with Crippen LogP contribution in [0.2, 0.25) is 0 Å². The minimum Gasteiger partial charge on any atom is -0.462 e. The Morgan fingerprint density at radius 2 is 0.537 bits per heavy atom. The molecule has 0 amide bonds. The van der Waals surface area contributed by atoms with Gasteiger partial charge in [-0.25, -0.2) is 0 Å². The minimum absolute atomic E-state index is 0.0839. The molecule has 67 heavy (non-hydrogen) atoms. The first-order valence-electron chi connectivity index (χ1n) is 28.8. The fourth-order valence-corrected chi connectivity index (χ4v) is 8.09. The summed E-state index contributed by atoms with van der Waals surface area (Å²) in [5.74, 6) is -0.899. The Balaban J connectivity index is 4.41. The molecular formula is C61H108O6. The van der Waals surface area contributed by atoms with Crippen molar-refractivity contribution in [3.05, 3.63) is 60.8 Å². The van der Waals surface area contributed by atoms with E-state index in [1.54, 1.807) is 0 Å². The lowest BCUT2D eigenvalue weighted by Gasteiger charge is -2.18. The van der Waals surface area contributed by atoms with Crippen LogP contribution < -0.4 is 0 Å². The zero-order valence-corrected chi connectivity index (χ0v) is 44.4. The van der Waals surface area contributed by atoms with Crippen molar-refractivity contribution in [1.82, 2.24) is 0 Å². The molecule has 0 rings (SSSR count). The van der Waals surface area contributed by atoms with Gasteiger partial charge in [0, 0.05) is 19.3 Å². The minimum atomic E-state index is -0.785. The predicted octanol–water partition coefficient (Wildman–Crippen LogP) is 19.2. The highest BCUT2D eigenvalue weighted by Gasteiger charge is 2.19. The van der Waals surface area contributed by atoms with Crippen molar-refractivity contribution in [2.24, 2.45) is 0 Å². The van der Waals surface area contributed by atoms with Crippen LogP contribution in [0.25, 0.3) is 0 Å². The van der Waals surface area contributed by atoms with E-state index in [-0.39, 0.29) is 31.1 Å². The number of carbonyl (C=O) groups is 3. The van der Waals surface area contributed by atoms with Crippen molar-refractivity contribution in [3.63, 3.8) is 0 Å². The van der Waals surface area contributed by atoms with E-state index in [9.17, 15) is 14.4 Å². The van der Waals surface area contributed by atoms with E-state index in [2.05, 4.69) is 81.5 Å². The zero-order chi connectivity index (χ0) is 48.6. The monoisotopic (exact) mass is 937 g/mol. The fraction of sp³-hybridized carbons (Fsp3) is 0.787. The van der Waals surface area contributed by atoms with E-state index in [0.717, 1.165) is 89.9 Å². The second-order valence-electron chi connectivity index (χ2n) is 19.2. The summed E-state index contributed by atoms with van der Waals surface area (Å²) in [5, 5.41) is 0. The lowest BCUT2D eigenvalue weighted by atomic mass is 10.1. The molecule has 0 aliphatic carbocycles. The van der Waals surface area contributed by atoms with Gasteiger partial charge < -0.3 is 14.2 Å². The average Bonchev–Trinajstić information content (AvgIpc) is 3.33. The molecule has 0 unspecified atom stereocenters. The smallest absolute Gasteiger partial charge is 0.306 e. The second-order valence-corrected chi connectivity index (χ2v) is 19.2. The van der Waals surface area contributed by atoms with Gasteiger partial charge in [0.05, 0.1) is 0 Å². The highest BCUT2D eigenvalue weighted by atomic mass is 16.6. The number of unbranched alkanes of at least 4 members (excludes halogenated alkanes) is 31. The van der Waals surface area contributed by atoms with Crippen molar-refractivity contribution in [1.29, 1.82) is 0 Å². The summed E-state index contributed by atoms with van der Waals surface area (Å²) >= 11 is 0. The molecule has 6 heteroatoms. The Morgan fingerprint density at radius 3 is 0.866 bits per heavy atom. The molecule has 0 saturated heterocycles. The van der Waals surface area contributed by atoms with E-state index in [0.29, 0.717) is 19.3 Å². The molecule has 0 radical (unpaired) electrons. The Kier molecular flexibility index (Phi) is 53.3. The number of carbonyl (C=O) groups excluding carboxylic acids is 3. The second kappa shape index (κ2) is 55.7. The van der Waals surface area contributed by atoms with Crippen LogP contribution in [0.15, 0.2) is 60.8 Å². The first-order valence-corrected chi connectivity index (χ1v) is 28.8. The van der Waals surface area contributed by atoms with Gasteiger partial charge in [0.1, 0.15) is 13.2 Å². The Bertz CT molecular complexity index is 1210. The number of esters is 3. The van der Waals surface area contributed by atoms with Gasteiger partial charge in [0.15, 0.2) is 6.10 Å². The maximum absolute atomic E-state index is 12.9. The first kappa shape index (κ1) is 64.1. The van der Waals surface area contributed by atoms with Gasteiger partial charge in [0.2, 0.25) is 0 Å². The molecule has 0 aromatic carbocycles. The number of rotatable bonds is 52. The molecule has 0 saturated carbocycles. The van der Waals surface area contributed by atoms with Gasteiger partial charge in [0.25, 0.3) is 0 Å². The quantitative estimate of drug-likeness (QED) is 0.0262. The molecular weight excluding hydrogens is 829 g/mol. The topological polar surface area (TPSA) is 78.9 Å². The summed E-state index contributed by atoms with van der Waals surface area (Å²) in [6.45, 7) is 6.58. The summed E-state index contributed by atoms with van der Waals surface area (Å²) in [6, 6.07) is 0. The Labute approximate surface area is 415 Å². The maximum atomic E-state index is 12.9. The summed E-state index contributed by atoms with van der Waals surface area (Å²) in [5.41, 5.74) is 0. The predicted molar refractivity (Wildman–Crippen MR) is 288 cm³/mol. The number of hydrogen-bond donors (Lipinski definition) is 0. The molecule has 0 aromatic rings. The molecule has 0 bridgehead atoms. The van der Waals surface area contributed by atoms with Crippen LogP contribution in [0, 0.1) is 0 Å². The first-order chi connectivity index (χ1) is 33.0. The SMILES string of the molecule is CCCCC/C=C\C/C=C\CCCCCCCCCC(=O)OC[C@H](COC(=O)CCCCCCC/C=C\C/C=C\CCCCC)OC(=O)CCCCCCCCC/C=C\CCCCCCCC. The lowest BCUT2D eigenvalue weighted by molar-refractivity contribution is -0.167. The van der Waals surface area contributed by atoms with Gasteiger partial charge in [-0.2, -0.15) is 0 Å². The van der Waals surface area contributed by atoms with Gasteiger partial charge in [-0.15, -0.1) is 0 Å². The van der Waals surface area contributed by atoms with Crippen LogP contribution in [-0.2, 0) is 28.6 Å². The Hall–Kier alpha value is -2.89.